The van der Waals surface area contributed by atoms with Crippen LogP contribution in [0.5, 0.6) is 0 Å². The van der Waals surface area contributed by atoms with Crippen molar-refractivity contribution in [3.05, 3.63) is 105 Å². The van der Waals surface area contributed by atoms with Crippen molar-refractivity contribution < 1.29 is 19.2 Å². The number of benzene rings is 3. The standard InChI is InChI=1S/C30H24N2O4S/c1-4-32-25-13-11-20(29(34)27-10-7-15-37-27)16-23(25)24-17-21(12-14-26(24)32)30(35)28(31-36-19(3)33)22-9-6-5-8-18(22)2/h5-17H,4H2,1-3H3/b31-28+. The zero-order valence-electron chi connectivity index (χ0n) is 20.6. The number of thiophene rings is 1. The lowest BCUT2D eigenvalue weighted by atomic mass is 9.96. The van der Waals surface area contributed by atoms with Gasteiger partial charge in [0.25, 0.3) is 0 Å². The first kappa shape index (κ1) is 24.3. The van der Waals surface area contributed by atoms with Gasteiger partial charge in [0.05, 0.1) is 4.88 Å². The molecule has 184 valence electrons. The maximum Gasteiger partial charge on any atom is 0.332 e. The van der Waals surface area contributed by atoms with E-state index in [0.717, 1.165) is 33.9 Å². The molecule has 0 aliphatic carbocycles. The second-order valence-electron chi connectivity index (χ2n) is 8.68. The van der Waals surface area contributed by atoms with E-state index < -0.39 is 5.97 Å². The molecular formula is C30H24N2O4S. The van der Waals surface area contributed by atoms with Gasteiger partial charge in [-0.15, -0.1) is 11.3 Å². The summed E-state index contributed by atoms with van der Waals surface area (Å²) in [5, 5.41) is 7.57. The Kier molecular flexibility index (Phi) is 6.54. The largest absolute Gasteiger partial charge is 0.341 e. The number of carbonyl (C=O) groups is 3. The highest BCUT2D eigenvalue weighted by Gasteiger charge is 2.22. The fourth-order valence-corrected chi connectivity index (χ4v) is 5.26. The number of aryl methyl sites for hydroxylation is 2. The van der Waals surface area contributed by atoms with Crippen molar-refractivity contribution in [1.82, 2.24) is 4.57 Å². The minimum absolute atomic E-state index is 0.0307. The predicted molar refractivity (Wildman–Crippen MR) is 147 cm³/mol. The molecule has 6 nitrogen and oxygen atoms in total. The Morgan fingerprint density at radius 1 is 0.892 bits per heavy atom. The quantitative estimate of drug-likeness (QED) is 0.108. The lowest BCUT2D eigenvalue weighted by molar-refractivity contribution is -0.140. The Hall–Kier alpha value is -4.36. The molecule has 0 saturated carbocycles. The van der Waals surface area contributed by atoms with Crippen LogP contribution in [0, 0.1) is 6.92 Å². The first-order chi connectivity index (χ1) is 17.9. The molecule has 0 N–H and O–H groups in total. The van der Waals surface area contributed by atoms with Gasteiger partial charge in [0.1, 0.15) is 0 Å². The second kappa shape index (κ2) is 9.95. The van der Waals surface area contributed by atoms with Crippen LogP contribution < -0.4 is 0 Å². The van der Waals surface area contributed by atoms with Crippen molar-refractivity contribution >= 4 is 56.4 Å². The Labute approximate surface area is 217 Å². The summed E-state index contributed by atoms with van der Waals surface area (Å²) in [6.45, 7) is 5.90. The number of ketones is 2. The molecule has 0 atom stereocenters. The van der Waals surface area contributed by atoms with E-state index in [2.05, 4.69) is 16.6 Å². The molecule has 0 bridgehead atoms. The number of oxime groups is 1. The topological polar surface area (TPSA) is 77.7 Å². The molecule has 5 rings (SSSR count). The van der Waals surface area contributed by atoms with Crippen molar-refractivity contribution in [3.8, 4) is 0 Å². The highest BCUT2D eigenvalue weighted by molar-refractivity contribution is 7.12. The van der Waals surface area contributed by atoms with Crippen LogP contribution in [-0.2, 0) is 16.2 Å². The fourth-order valence-electron chi connectivity index (χ4n) is 4.58. The zero-order valence-corrected chi connectivity index (χ0v) is 21.5. The van der Waals surface area contributed by atoms with Gasteiger partial charge in [-0.1, -0.05) is 35.5 Å². The van der Waals surface area contributed by atoms with Crippen molar-refractivity contribution in [2.75, 3.05) is 0 Å². The van der Waals surface area contributed by atoms with Gasteiger partial charge in [-0.3, -0.25) is 9.59 Å². The van der Waals surface area contributed by atoms with Crippen LogP contribution >= 0.6 is 11.3 Å². The van der Waals surface area contributed by atoms with Crippen LogP contribution in [0.4, 0.5) is 0 Å². The zero-order chi connectivity index (χ0) is 26.1. The van der Waals surface area contributed by atoms with E-state index in [1.807, 2.05) is 73.0 Å². The van der Waals surface area contributed by atoms with Gasteiger partial charge >= 0.3 is 5.97 Å². The third kappa shape index (κ3) is 4.49. The third-order valence-electron chi connectivity index (χ3n) is 6.33. The molecule has 37 heavy (non-hydrogen) atoms. The molecule has 0 saturated heterocycles. The molecule has 0 aliphatic rings. The first-order valence-corrected chi connectivity index (χ1v) is 12.8. The summed E-state index contributed by atoms with van der Waals surface area (Å²) >= 11 is 1.41. The van der Waals surface area contributed by atoms with Crippen LogP contribution in [0.25, 0.3) is 21.8 Å². The average Bonchev–Trinajstić information content (AvgIpc) is 3.55. The summed E-state index contributed by atoms with van der Waals surface area (Å²) in [4.78, 5) is 43.8. The third-order valence-corrected chi connectivity index (χ3v) is 7.20. The number of hydrogen-bond acceptors (Lipinski definition) is 6. The predicted octanol–water partition coefficient (Wildman–Crippen LogP) is 6.57. The smallest absolute Gasteiger partial charge is 0.332 e. The summed E-state index contributed by atoms with van der Waals surface area (Å²) in [6.07, 6.45) is 0. The molecule has 0 amide bonds. The SMILES string of the molecule is CCn1c2ccc(C(=O)/C(=N/OC(C)=O)c3ccccc3C)cc2c2cc(C(=O)c3cccs3)ccc21. The van der Waals surface area contributed by atoms with Crippen molar-refractivity contribution in [3.63, 3.8) is 0 Å². The van der Waals surface area contributed by atoms with Gasteiger partial charge < -0.3 is 9.40 Å². The number of rotatable bonds is 7. The van der Waals surface area contributed by atoms with Crippen molar-refractivity contribution in [2.45, 2.75) is 27.3 Å². The molecule has 5 aromatic rings. The van der Waals surface area contributed by atoms with Gasteiger partial charge in [0.15, 0.2) is 5.71 Å². The molecule has 0 spiro atoms. The highest BCUT2D eigenvalue weighted by Crippen LogP contribution is 2.32. The van der Waals surface area contributed by atoms with E-state index in [0.29, 0.717) is 21.6 Å². The van der Waals surface area contributed by atoms with Gasteiger partial charge in [-0.25, -0.2) is 4.79 Å². The number of fused-ring (bicyclic) bond motifs is 3. The van der Waals surface area contributed by atoms with Crippen LogP contribution in [0.1, 0.15) is 50.6 Å². The summed E-state index contributed by atoms with van der Waals surface area (Å²) in [5.74, 6) is -0.999. The van der Waals surface area contributed by atoms with Crippen LogP contribution in [-0.4, -0.2) is 27.8 Å². The molecule has 2 aromatic heterocycles. The molecule has 2 heterocycles. The first-order valence-electron chi connectivity index (χ1n) is 11.9. The Morgan fingerprint density at radius 3 is 2.19 bits per heavy atom. The molecule has 0 fully saturated rings. The van der Waals surface area contributed by atoms with E-state index in [4.69, 9.17) is 4.84 Å². The Bertz CT molecular complexity index is 1710. The molecule has 7 heteroatoms. The minimum Gasteiger partial charge on any atom is -0.341 e. The summed E-state index contributed by atoms with van der Waals surface area (Å²) < 4.78 is 2.16. The lowest BCUT2D eigenvalue weighted by Gasteiger charge is -2.09. The summed E-state index contributed by atoms with van der Waals surface area (Å²) in [5.41, 5.74) is 4.43. The van der Waals surface area contributed by atoms with Crippen LogP contribution in [0.3, 0.4) is 0 Å². The molecule has 3 aromatic carbocycles. The maximum absolute atomic E-state index is 13.7. The van der Waals surface area contributed by atoms with Crippen LogP contribution in [0.15, 0.2) is 83.3 Å². The lowest BCUT2D eigenvalue weighted by Crippen LogP contribution is -2.18. The molecule has 0 radical (unpaired) electrons. The number of hydrogen-bond donors (Lipinski definition) is 0. The summed E-state index contributed by atoms with van der Waals surface area (Å²) in [6, 6.07) is 22.2. The number of nitrogens with zero attached hydrogens (tertiary/aromatic N) is 2. The number of carbonyl (C=O) groups excluding carboxylic acids is 3. The summed E-state index contributed by atoms with van der Waals surface area (Å²) in [7, 11) is 0. The monoisotopic (exact) mass is 508 g/mol. The van der Waals surface area contributed by atoms with Crippen molar-refractivity contribution in [1.29, 1.82) is 0 Å². The van der Waals surface area contributed by atoms with Gasteiger partial charge in [-0.05, 0) is 67.3 Å². The van der Waals surface area contributed by atoms with E-state index in [9.17, 15) is 14.4 Å². The average molecular weight is 509 g/mol. The van der Waals surface area contributed by atoms with Gasteiger partial charge in [-0.2, -0.15) is 0 Å². The highest BCUT2D eigenvalue weighted by atomic mass is 32.1. The molecule has 0 unspecified atom stereocenters. The Morgan fingerprint density at radius 2 is 1.57 bits per heavy atom. The molecular weight excluding hydrogens is 484 g/mol. The van der Waals surface area contributed by atoms with E-state index in [-0.39, 0.29) is 17.3 Å². The number of aromatic nitrogens is 1. The maximum atomic E-state index is 13.7. The number of Topliss-reactive ketones (excluding diaryl/α,β-unsaturated/α-hetero) is 1. The Balaban J connectivity index is 1.66. The van der Waals surface area contributed by atoms with E-state index in [1.54, 1.807) is 12.1 Å². The van der Waals surface area contributed by atoms with Crippen molar-refractivity contribution in [2.24, 2.45) is 5.16 Å². The van der Waals surface area contributed by atoms with Crippen LogP contribution in [0.2, 0.25) is 0 Å². The molecule has 0 aliphatic heterocycles. The second-order valence-corrected chi connectivity index (χ2v) is 9.63. The minimum atomic E-state index is -0.608. The van der Waals surface area contributed by atoms with E-state index in [1.165, 1.54) is 18.3 Å². The fraction of sp³-hybridized carbons (Fsp3) is 0.133. The van der Waals surface area contributed by atoms with Gasteiger partial charge in [0.2, 0.25) is 11.6 Å². The van der Waals surface area contributed by atoms with Gasteiger partial charge in [0, 0.05) is 52.0 Å². The van der Waals surface area contributed by atoms with E-state index >= 15 is 0 Å². The normalized spacial score (nSPS) is 11.7.